The van der Waals surface area contributed by atoms with Crippen LogP contribution in [0, 0.1) is 10.1 Å². The van der Waals surface area contributed by atoms with Crippen molar-refractivity contribution in [1.82, 2.24) is 19.7 Å². The number of aromatic nitrogens is 3. The number of methoxy groups -OCH3 is 1. The molecule has 2 heterocycles. The minimum absolute atomic E-state index is 0.0702. The van der Waals surface area contributed by atoms with Gasteiger partial charge in [0.25, 0.3) is 17.5 Å². The molecule has 38 heavy (non-hydrogen) atoms. The van der Waals surface area contributed by atoms with Crippen LogP contribution in [0.2, 0.25) is 0 Å². The highest BCUT2D eigenvalue weighted by molar-refractivity contribution is 7.99. The van der Waals surface area contributed by atoms with Crippen LogP contribution in [-0.2, 0) is 18.4 Å². The molecule has 0 bridgehead atoms. The topological polar surface area (TPSA) is 120 Å². The molecule has 0 atom stereocenters. The van der Waals surface area contributed by atoms with Crippen molar-refractivity contribution < 1.29 is 19.2 Å². The lowest BCUT2D eigenvalue weighted by Gasteiger charge is -2.28. The number of benzene rings is 3. The van der Waals surface area contributed by atoms with Gasteiger partial charge in [-0.3, -0.25) is 24.6 Å². The van der Waals surface area contributed by atoms with E-state index in [0.717, 1.165) is 17.3 Å². The fraction of sp³-hybridized carbons (Fsp3) is 0.111. The van der Waals surface area contributed by atoms with Gasteiger partial charge < -0.3 is 9.30 Å². The van der Waals surface area contributed by atoms with Crippen LogP contribution in [0.25, 0.3) is 11.6 Å². The van der Waals surface area contributed by atoms with E-state index >= 15 is 0 Å². The van der Waals surface area contributed by atoms with E-state index in [9.17, 15) is 19.7 Å². The van der Waals surface area contributed by atoms with Crippen LogP contribution in [0.3, 0.4) is 0 Å². The quantitative estimate of drug-likeness (QED) is 0.148. The summed E-state index contributed by atoms with van der Waals surface area (Å²) >= 11 is 1.12. The maximum Gasteiger partial charge on any atom is 0.283 e. The summed E-state index contributed by atoms with van der Waals surface area (Å²) < 4.78 is 6.85. The van der Waals surface area contributed by atoms with Gasteiger partial charge in [0.2, 0.25) is 0 Å². The van der Waals surface area contributed by atoms with Gasteiger partial charge in [-0.15, -0.1) is 10.2 Å². The summed E-state index contributed by atoms with van der Waals surface area (Å²) in [4.78, 5) is 39.9. The number of aryl methyl sites for hydroxylation is 1. The average Bonchev–Trinajstić information content (AvgIpc) is 3.34. The molecule has 4 aromatic rings. The van der Waals surface area contributed by atoms with Gasteiger partial charge in [0.1, 0.15) is 12.1 Å². The smallest absolute Gasteiger partial charge is 0.283 e. The molecule has 0 saturated heterocycles. The molecule has 0 spiro atoms. The average molecular weight is 528 g/mol. The number of carbonyl (C=O) groups is 2. The van der Waals surface area contributed by atoms with Crippen LogP contribution >= 0.6 is 11.8 Å². The van der Waals surface area contributed by atoms with Gasteiger partial charge in [-0.25, -0.2) is 0 Å². The van der Waals surface area contributed by atoms with E-state index in [4.69, 9.17) is 4.74 Å². The summed E-state index contributed by atoms with van der Waals surface area (Å²) in [6.07, 6.45) is 3.09. The molecule has 190 valence electrons. The third-order valence-corrected chi connectivity index (χ3v) is 7.15. The van der Waals surface area contributed by atoms with Gasteiger partial charge in [-0.1, -0.05) is 36.4 Å². The molecule has 0 radical (unpaired) electrons. The highest BCUT2D eigenvalue weighted by atomic mass is 32.2. The van der Waals surface area contributed by atoms with E-state index in [2.05, 4.69) is 10.2 Å². The van der Waals surface area contributed by atoms with E-state index in [1.54, 1.807) is 85.5 Å². The molecule has 5 rings (SSSR count). The third kappa shape index (κ3) is 4.78. The molecule has 11 heteroatoms. The normalized spacial score (nSPS) is 14.1. The highest BCUT2D eigenvalue weighted by Crippen LogP contribution is 2.36. The van der Waals surface area contributed by atoms with Gasteiger partial charge in [0.05, 0.1) is 23.5 Å². The van der Waals surface area contributed by atoms with E-state index < -0.39 is 16.7 Å². The van der Waals surface area contributed by atoms with Gasteiger partial charge in [-0.2, -0.15) is 0 Å². The number of imide groups is 1. The summed E-state index contributed by atoms with van der Waals surface area (Å²) in [5.41, 5.74) is 2.22. The van der Waals surface area contributed by atoms with Crippen molar-refractivity contribution in [3.63, 3.8) is 0 Å². The van der Waals surface area contributed by atoms with Crippen molar-refractivity contribution in [1.29, 1.82) is 0 Å². The van der Waals surface area contributed by atoms with Crippen molar-refractivity contribution in [3.8, 4) is 5.75 Å². The summed E-state index contributed by atoms with van der Waals surface area (Å²) in [7, 11) is 3.31. The first-order chi connectivity index (χ1) is 18.4. The number of amides is 2. The van der Waals surface area contributed by atoms with Crippen molar-refractivity contribution in [3.05, 3.63) is 105 Å². The standard InChI is InChI=1S/C27H21N5O5S/c1-30-16-28-29-27(30)38-24-12-9-18(14-23(24)32(35)36)13-22-20-5-3-4-6-21(20)25(33)31(26(22)34)15-17-7-10-19(37-2)11-8-17/h3-14,16H,15H2,1-2H3/b22-13+. The Morgan fingerprint density at radius 3 is 2.42 bits per heavy atom. The summed E-state index contributed by atoms with van der Waals surface area (Å²) in [5, 5.41) is 20.2. The number of fused-ring (bicyclic) bond motifs is 1. The Balaban J connectivity index is 1.53. The lowest BCUT2D eigenvalue weighted by atomic mass is 9.91. The molecule has 0 N–H and O–H groups in total. The number of hydrogen-bond donors (Lipinski definition) is 0. The van der Waals surface area contributed by atoms with Gasteiger partial charge in [0, 0.05) is 24.3 Å². The summed E-state index contributed by atoms with van der Waals surface area (Å²) in [5.74, 6) is -0.219. The predicted octanol–water partition coefficient (Wildman–Crippen LogP) is 4.61. The molecule has 2 amide bonds. The molecule has 0 fully saturated rings. The molecule has 0 aliphatic carbocycles. The molecule has 3 aromatic carbocycles. The number of hydrogen-bond acceptors (Lipinski definition) is 8. The Labute approximate surface area is 221 Å². The van der Waals surface area contributed by atoms with E-state index in [0.29, 0.717) is 32.5 Å². The predicted molar refractivity (Wildman–Crippen MR) is 140 cm³/mol. The van der Waals surface area contributed by atoms with Crippen LogP contribution in [0.4, 0.5) is 5.69 Å². The molecule has 1 aliphatic heterocycles. The first-order valence-electron chi connectivity index (χ1n) is 11.5. The van der Waals surface area contributed by atoms with Crippen molar-refractivity contribution in [2.24, 2.45) is 7.05 Å². The number of rotatable bonds is 7. The lowest BCUT2D eigenvalue weighted by Crippen LogP contribution is -2.41. The van der Waals surface area contributed by atoms with Gasteiger partial charge in [0.15, 0.2) is 5.16 Å². The number of nitro benzene ring substituents is 1. The van der Waals surface area contributed by atoms with Crippen LogP contribution in [0.5, 0.6) is 5.75 Å². The third-order valence-electron chi connectivity index (χ3n) is 6.03. The second-order valence-electron chi connectivity index (χ2n) is 8.46. The maximum absolute atomic E-state index is 13.6. The SMILES string of the molecule is COc1ccc(CN2C(=O)/C(=C/c3ccc(Sc4nncn4C)c([N+](=O)[O-])c3)c3ccccc3C2=O)cc1. The van der Waals surface area contributed by atoms with Crippen molar-refractivity contribution >= 4 is 40.9 Å². The Hall–Kier alpha value is -4.77. The largest absolute Gasteiger partial charge is 0.497 e. The number of carbonyl (C=O) groups excluding carboxylic acids is 2. The maximum atomic E-state index is 13.6. The fourth-order valence-electron chi connectivity index (χ4n) is 4.08. The van der Waals surface area contributed by atoms with Crippen LogP contribution < -0.4 is 4.74 Å². The Bertz CT molecular complexity index is 1600. The zero-order chi connectivity index (χ0) is 26.8. The van der Waals surface area contributed by atoms with E-state index in [1.807, 2.05) is 0 Å². The Kier molecular flexibility index (Phi) is 6.75. The molecule has 0 saturated carbocycles. The summed E-state index contributed by atoms with van der Waals surface area (Å²) in [6.45, 7) is 0.0702. The van der Waals surface area contributed by atoms with Crippen LogP contribution in [0.1, 0.15) is 27.0 Å². The molecule has 10 nitrogen and oxygen atoms in total. The number of ether oxygens (including phenoxy) is 1. The van der Waals surface area contributed by atoms with E-state index in [-0.39, 0.29) is 17.8 Å². The molecule has 1 aromatic heterocycles. The molecular weight excluding hydrogens is 506 g/mol. The van der Waals surface area contributed by atoms with Crippen LogP contribution in [0.15, 0.2) is 83.1 Å². The Morgan fingerprint density at radius 2 is 1.76 bits per heavy atom. The molecule has 1 aliphatic rings. The van der Waals surface area contributed by atoms with E-state index in [1.165, 1.54) is 17.3 Å². The fourth-order valence-corrected chi connectivity index (χ4v) is 4.93. The monoisotopic (exact) mass is 527 g/mol. The summed E-state index contributed by atoms with van der Waals surface area (Å²) in [6, 6.07) is 18.7. The number of nitrogens with zero attached hydrogens (tertiary/aromatic N) is 5. The second kappa shape index (κ2) is 10.3. The van der Waals surface area contributed by atoms with Gasteiger partial charge >= 0.3 is 0 Å². The zero-order valence-corrected chi connectivity index (χ0v) is 21.2. The minimum atomic E-state index is -0.482. The van der Waals surface area contributed by atoms with Gasteiger partial charge in [-0.05, 0) is 58.8 Å². The molecular formula is C27H21N5O5S. The highest BCUT2D eigenvalue weighted by Gasteiger charge is 2.34. The minimum Gasteiger partial charge on any atom is -0.497 e. The van der Waals surface area contributed by atoms with Crippen molar-refractivity contribution in [2.75, 3.05) is 7.11 Å². The first kappa shape index (κ1) is 24.9. The van der Waals surface area contributed by atoms with Crippen LogP contribution in [-0.4, -0.2) is 43.5 Å². The van der Waals surface area contributed by atoms with Crippen molar-refractivity contribution in [2.45, 2.75) is 16.6 Å². The first-order valence-corrected chi connectivity index (χ1v) is 12.3. The second-order valence-corrected chi connectivity index (χ2v) is 9.47. The molecule has 0 unspecified atom stereocenters. The Morgan fingerprint density at radius 1 is 1.03 bits per heavy atom. The lowest BCUT2D eigenvalue weighted by molar-refractivity contribution is -0.387. The zero-order valence-electron chi connectivity index (χ0n) is 20.4. The number of nitro groups is 1.